The summed E-state index contributed by atoms with van der Waals surface area (Å²) in [6.45, 7) is 0. The Morgan fingerprint density at radius 2 is 1.43 bits per heavy atom. The monoisotopic (exact) mass is 408 g/mol. The summed E-state index contributed by atoms with van der Waals surface area (Å²) in [4.78, 5) is 3.52. The van der Waals surface area contributed by atoms with Crippen LogP contribution in [0.25, 0.3) is 5.57 Å². The smallest absolute Gasteiger partial charge is 0.0824 e. The molecule has 0 aromatic heterocycles. The molecule has 0 spiro atoms. The Kier molecular flexibility index (Phi) is 4.97. The Morgan fingerprint density at radius 1 is 0.767 bits per heavy atom. The number of anilines is 1. The van der Waals surface area contributed by atoms with Gasteiger partial charge in [0.05, 0.1) is 16.6 Å². The minimum atomic E-state index is 0.158. The lowest BCUT2D eigenvalue weighted by molar-refractivity contribution is 0.479. The standard InChI is InChI=1S/C27H24N2S/c1-29(2)23-18-17-21(19-11-5-3-6-12-19)26(25(23)20-13-7-4-8-14-20)27-28-22-15-9-10-16-24(22)30-27/h3-18,25,28H,1-2H3. The predicted molar refractivity (Wildman–Crippen MR) is 128 cm³/mol. The van der Waals surface area contributed by atoms with Crippen molar-refractivity contribution < 1.29 is 0 Å². The number of nitrogens with zero attached hydrogens (tertiary/aromatic N) is 1. The number of benzene rings is 3. The number of fused-ring (bicyclic) bond motifs is 1. The summed E-state index contributed by atoms with van der Waals surface area (Å²) in [5, 5.41) is 4.93. The summed E-state index contributed by atoms with van der Waals surface area (Å²) in [5.74, 6) is 0.158. The third-order valence-electron chi connectivity index (χ3n) is 5.62. The van der Waals surface area contributed by atoms with Gasteiger partial charge in [0.25, 0.3) is 0 Å². The highest BCUT2D eigenvalue weighted by molar-refractivity contribution is 8.03. The normalized spacial score (nSPS) is 20.1. The van der Waals surface area contributed by atoms with E-state index in [2.05, 4.69) is 121 Å². The molecule has 1 N–H and O–H groups in total. The van der Waals surface area contributed by atoms with Crippen LogP contribution in [-0.4, -0.2) is 19.0 Å². The van der Waals surface area contributed by atoms with E-state index in [1.165, 1.54) is 43.6 Å². The maximum Gasteiger partial charge on any atom is 0.0824 e. The van der Waals surface area contributed by atoms with Crippen LogP contribution in [0.4, 0.5) is 5.69 Å². The molecule has 0 radical (unpaired) electrons. The van der Waals surface area contributed by atoms with Gasteiger partial charge in [0.1, 0.15) is 0 Å². The van der Waals surface area contributed by atoms with Crippen LogP contribution >= 0.6 is 11.8 Å². The predicted octanol–water partition coefficient (Wildman–Crippen LogP) is 6.74. The second-order valence-corrected chi connectivity index (χ2v) is 8.79. The van der Waals surface area contributed by atoms with E-state index in [1.54, 1.807) is 0 Å². The van der Waals surface area contributed by atoms with Crippen LogP contribution in [0.3, 0.4) is 0 Å². The van der Waals surface area contributed by atoms with Gasteiger partial charge in [0, 0.05) is 30.3 Å². The van der Waals surface area contributed by atoms with Crippen molar-refractivity contribution in [1.82, 2.24) is 4.90 Å². The van der Waals surface area contributed by atoms with Gasteiger partial charge in [-0.05, 0) is 34.9 Å². The SMILES string of the molecule is CN(C)C1=CC=C(c2ccccc2)C(=C2Nc3ccccc3S2)C1c1ccccc1. The average molecular weight is 409 g/mol. The van der Waals surface area contributed by atoms with Crippen LogP contribution in [0.15, 0.2) is 118 Å². The summed E-state index contributed by atoms with van der Waals surface area (Å²) in [6, 6.07) is 30.1. The number of allylic oxidation sites excluding steroid dienone is 4. The zero-order valence-electron chi connectivity index (χ0n) is 17.2. The molecule has 0 saturated carbocycles. The fourth-order valence-corrected chi connectivity index (χ4v) is 5.30. The molecule has 30 heavy (non-hydrogen) atoms. The Hall–Kier alpha value is -3.17. The Balaban J connectivity index is 1.74. The Bertz CT molecular complexity index is 1130. The molecule has 1 aliphatic carbocycles. The van der Waals surface area contributed by atoms with Crippen LogP contribution in [0, 0.1) is 0 Å². The number of rotatable bonds is 3. The molecule has 3 aromatic carbocycles. The Morgan fingerprint density at radius 3 is 2.13 bits per heavy atom. The van der Waals surface area contributed by atoms with Crippen LogP contribution < -0.4 is 5.32 Å². The maximum absolute atomic E-state index is 3.72. The number of thioether (sulfide) groups is 1. The molecule has 0 amide bonds. The molecular formula is C27H24N2S. The topological polar surface area (TPSA) is 15.3 Å². The highest BCUT2D eigenvalue weighted by Crippen LogP contribution is 2.51. The zero-order chi connectivity index (χ0) is 20.5. The molecule has 148 valence electrons. The lowest BCUT2D eigenvalue weighted by atomic mass is 9.78. The first-order valence-electron chi connectivity index (χ1n) is 10.2. The number of nitrogens with one attached hydrogen (secondary N) is 1. The first-order valence-corrected chi connectivity index (χ1v) is 11.0. The second-order valence-electron chi connectivity index (χ2n) is 7.74. The summed E-state index contributed by atoms with van der Waals surface area (Å²) in [7, 11) is 4.27. The zero-order valence-corrected chi connectivity index (χ0v) is 18.0. The van der Waals surface area contributed by atoms with E-state index in [9.17, 15) is 0 Å². The average Bonchev–Trinajstić information content (AvgIpc) is 3.23. The molecule has 5 rings (SSSR count). The van der Waals surface area contributed by atoms with Crippen LogP contribution in [-0.2, 0) is 0 Å². The van der Waals surface area contributed by atoms with Crippen molar-refractivity contribution in [3.05, 3.63) is 125 Å². The van der Waals surface area contributed by atoms with E-state index in [1.807, 2.05) is 11.8 Å². The highest BCUT2D eigenvalue weighted by Gasteiger charge is 2.33. The molecule has 3 heteroatoms. The quantitative estimate of drug-likeness (QED) is 0.516. The number of hydrogen-bond donors (Lipinski definition) is 1. The van der Waals surface area contributed by atoms with Crippen molar-refractivity contribution in [1.29, 1.82) is 0 Å². The van der Waals surface area contributed by atoms with Crippen LogP contribution in [0.5, 0.6) is 0 Å². The van der Waals surface area contributed by atoms with Crippen LogP contribution in [0.1, 0.15) is 17.0 Å². The molecule has 0 fully saturated rings. The van der Waals surface area contributed by atoms with Gasteiger partial charge in [-0.25, -0.2) is 0 Å². The minimum Gasteiger partial charge on any atom is -0.380 e. The van der Waals surface area contributed by atoms with Crippen molar-refractivity contribution in [2.75, 3.05) is 19.4 Å². The van der Waals surface area contributed by atoms with Gasteiger partial charge in [0.2, 0.25) is 0 Å². The number of para-hydroxylation sites is 1. The molecule has 0 bridgehead atoms. The molecule has 3 aromatic rings. The third-order valence-corrected chi connectivity index (χ3v) is 6.72. The summed E-state index contributed by atoms with van der Waals surface area (Å²) < 4.78 is 0. The second kappa shape index (κ2) is 7.92. The van der Waals surface area contributed by atoms with Crippen molar-refractivity contribution >= 4 is 23.0 Å². The largest absolute Gasteiger partial charge is 0.380 e. The molecule has 0 saturated heterocycles. The van der Waals surface area contributed by atoms with Gasteiger partial charge >= 0.3 is 0 Å². The minimum absolute atomic E-state index is 0.158. The van der Waals surface area contributed by atoms with Gasteiger partial charge in [-0.2, -0.15) is 0 Å². The lowest BCUT2D eigenvalue weighted by Gasteiger charge is -2.34. The highest BCUT2D eigenvalue weighted by atomic mass is 32.2. The van der Waals surface area contributed by atoms with Gasteiger partial charge in [-0.3, -0.25) is 0 Å². The third kappa shape index (κ3) is 3.35. The molecule has 2 aliphatic rings. The van der Waals surface area contributed by atoms with Gasteiger partial charge in [-0.1, -0.05) is 90.6 Å². The van der Waals surface area contributed by atoms with E-state index in [-0.39, 0.29) is 5.92 Å². The first-order chi connectivity index (χ1) is 14.7. The molecule has 1 heterocycles. The van der Waals surface area contributed by atoms with E-state index in [0.717, 1.165) is 0 Å². The summed E-state index contributed by atoms with van der Waals surface area (Å²) >= 11 is 1.84. The molecular weight excluding hydrogens is 384 g/mol. The van der Waals surface area contributed by atoms with Gasteiger partial charge in [-0.15, -0.1) is 0 Å². The van der Waals surface area contributed by atoms with Crippen LogP contribution in [0.2, 0.25) is 0 Å². The van der Waals surface area contributed by atoms with Crippen molar-refractivity contribution in [2.24, 2.45) is 0 Å². The first kappa shape index (κ1) is 18.8. The van der Waals surface area contributed by atoms with Gasteiger partial charge in [0.15, 0.2) is 0 Å². The summed E-state index contributed by atoms with van der Waals surface area (Å²) in [5.41, 5.74) is 7.64. The van der Waals surface area contributed by atoms with Crippen molar-refractivity contribution in [3.63, 3.8) is 0 Å². The summed E-state index contributed by atoms with van der Waals surface area (Å²) in [6.07, 6.45) is 4.55. The van der Waals surface area contributed by atoms with E-state index in [4.69, 9.17) is 0 Å². The lowest BCUT2D eigenvalue weighted by Crippen LogP contribution is -2.23. The molecule has 1 aliphatic heterocycles. The molecule has 1 atom stereocenters. The van der Waals surface area contributed by atoms with E-state index in [0.29, 0.717) is 0 Å². The van der Waals surface area contributed by atoms with Gasteiger partial charge < -0.3 is 10.2 Å². The fraction of sp³-hybridized carbons (Fsp3) is 0.111. The van der Waals surface area contributed by atoms with E-state index < -0.39 is 0 Å². The van der Waals surface area contributed by atoms with Crippen molar-refractivity contribution in [2.45, 2.75) is 10.8 Å². The molecule has 2 nitrogen and oxygen atoms in total. The van der Waals surface area contributed by atoms with Crippen molar-refractivity contribution in [3.8, 4) is 0 Å². The number of likely N-dealkylation sites (N-methyl/N-ethyl adjacent to an activating group) is 1. The number of hydrogen-bond acceptors (Lipinski definition) is 3. The maximum atomic E-state index is 3.72. The van der Waals surface area contributed by atoms with E-state index >= 15 is 0 Å². The molecule has 1 unspecified atom stereocenters. The Labute approximate surface area is 182 Å². The fourth-order valence-electron chi connectivity index (χ4n) is 4.21.